The molecular weight excluding hydrogens is 266 g/mol. The van der Waals surface area contributed by atoms with Gasteiger partial charge in [0.15, 0.2) is 5.60 Å². The number of carbonyl (C=O) groups is 1. The zero-order valence-electron chi connectivity index (χ0n) is 13.4. The van der Waals surface area contributed by atoms with E-state index < -0.39 is 11.6 Å². The average Bonchev–Trinajstić information content (AvgIpc) is 2.50. The zero-order chi connectivity index (χ0) is 15.3. The first-order valence-electron chi connectivity index (χ1n) is 8.32. The first-order valence-corrected chi connectivity index (χ1v) is 8.32. The van der Waals surface area contributed by atoms with Gasteiger partial charge in [0.2, 0.25) is 0 Å². The summed E-state index contributed by atoms with van der Waals surface area (Å²) in [5.74, 6) is -0.441. The molecule has 2 fully saturated rings. The molecule has 1 unspecified atom stereocenters. The second-order valence-corrected chi connectivity index (χ2v) is 6.57. The molecular formula is C17H29NO3. The van der Waals surface area contributed by atoms with E-state index >= 15 is 0 Å². The molecule has 0 spiro atoms. The highest BCUT2D eigenvalue weighted by Crippen LogP contribution is 2.35. The normalized spacial score (nSPS) is 25.9. The molecule has 4 heteroatoms. The van der Waals surface area contributed by atoms with E-state index in [4.69, 9.17) is 4.74 Å². The molecule has 1 aliphatic heterocycles. The molecule has 120 valence electrons. The standard InChI is InChI=1S/C17H29NO3/c1-3-11-17(20,14-7-5-4-6-8-14)16(19)21-15-9-12-18(2)13-10-15/h3,11,14-15,20H,4-10,12-13H2,1-2H3/b11-3+. The largest absolute Gasteiger partial charge is 0.460 e. The fraction of sp³-hybridized carbons (Fsp3) is 0.824. The van der Waals surface area contributed by atoms with E-state index in [1.165, 1.54) is 6.42 Å². The SMILES string of the molecule is C/C=C/C(O)(C(=O)OC1CCN(C)CC1)C1CCCCC1. The summed E-state index contributed by atoms with van der Waals surface area (Å²) in [5, 5.41) is 10.9. The summed E-state index contributed by atoms with van der Waals surface area (Å²) in [5.41, 5.74) is -1.43. The molecule has 0 aromatic rings. The predicted octanol–water partition coefficient (Wildman–Crippen LogP) is 2.51. The molecule has 4 nitrogen and oxygen atoms in total. The van der Waals surface area contributed by atoms with Crippen molar-refractivity contribution in [3.63, 3.8) is 0 Å². The van der Waals surface area contributed by atoms with Gasteiger partial charge in [0, 0.05) is 19.0 Å². The minimum absolute atomic E-state index is 0.00112. The van der Waals surface area contributed by atoms with Gasteiger partial charge < -0.3 is 14.7 Å². The van der Waals surface area contributed by atoms with Crippen LogP contribution in [-0.2, 0) is 9.53 Å². The van der Waals surface area contributed by atoms with Crippen LogP contribution in [0.25, 0.3) is 0 Å². The fourth-order valence-corrected chi connectivity index (χ4v) is 3.52. The Labute approximate surface area is 128 Å². The third kappa shape index (κ3) is 4.07. The van der Waals surface area contributed by atoms with Crippen molar-refractivity contribution in [2.24, 2.45) is 5.92 Å². The van der Waals surface area contributed by atoms with E-state index in [0.29, 0.717) is 0 Å². The molecule has 1 saturated heterocycles. The number of likely N-dealkylation sites (tertiary alicyclic amines) is 1. The second-order valence-electron chi connectivity index (χ2n) is 6.57. The van der Waals surface area contributed by atoms with Crippen LogP contribution in [0.2, 0.25) is 0 Å². The van der Waals surface area contributed by atoms with Crippen LogP contribution in [0.15, 0.2) is 12.2 Å². The number of nitrogens with zero attached hydrogens (tertiary/aromatic N) is 1. The van der Waals surface area contributed by atoms with Crippen molar-refractivity contribution in [2.75, 3.05) is 20.1 Å². The number of ether oxygens (including phenoxy) is 1. The Morgan fingerprint density at radius 2 is 1.81 bits per heavy atom. The number of rotatable bonds is 4. The number of piperidine rings is 1. The van der Waals surface area contributed by atoms with E-state index in [9.17, 15) is 9.90 Å². The van der Waals surface area contributed by atoms with Crippen molar-refractivity contribution in [3.8, 4) is 0 Å². The van der Waals surface area contributed by atoms with Gasteiger partial charge in [-0.2, -0.15) is 0 Å². The summed E-state index contributed by atoms with van der Waals surface area (Å²) in [6, 6.07) is 0. The fourth-order valence-electron chi connectivity index (χ4n) is 3.52. The van der Waals surface area contributed by atoms with Gasteiger partial charge in [-0.15, -0.1) is 0 Å². The minimum atomic E-state index is -1.43. The van der Waals surface area contributed by atoms with Gasteiger partial charge in [0.05, 0.1) is 0 Å². The van der Waals surface area contributed by atoms with Gasteiger partial charge >= 0.3 is 5.97 Å². The van der Waals surface area contributed by atoms with Gasteiger partial charge in [-0.1, -0.05) is 25.3 Å². The molecule has 0 aromatic heterocycles. The maximum atomic E-state index is 12.6. The molecule has 21 heavy (non-hydrogen) atoms. The monoisotopic (exact) mass is 295 g/mol. The van der Waals surface area contributed by atoms with Crippen LogP contribution in [-0.4, -0.2) is 47.8 Å². The molecule has 0 radical (unpaired) electrons. The van der Waals surface area contributed by atoms with Crippen LogP contribution >= 0.6 is 0 Å². The molecule has 0 aromatic carbocycles. The Balaban J connectivity index is 2.00. The lowest BCUT2D eigenvalue weighted by molar-refractivity contribution is -0.174. The van der Waals surface area contributed by atoms with Crippen LogP contribution in [0.5, 0.6) is 0 Å². The summed E-state index contributed by atoms with van der Waals surface area (Å²) >= 11 is 0. The van der Waals surface area contributed by atoms with Crippen molar-refractivity contribution < 1.29 is 14.6 Å². The van der Waals surface area contributed by atoms with Gasteiger partial charge in [0.25, 0.3) is 0 Å². The highest BCUT2D eigenvalue weighted by Gasteiger charge is 2.44. The van der Waals surface area contributed by atoms with Crippen molar-refractivity contribution >= 4 is 5.97 Å². The minimum Gasteiger partial charge on any atom is -0.460 e. The predicted molar refractivity (Wildman–Crippen MR) is 82.9 cm³/mol. The molecule has 1 saturated carbocycles. The van der Waals surface area contributed by atoms with Crippen LogP contribution in [0.4, 0.5) is 0 Å². The van der Waals surface area contributed by atoms with Crippen LogP contribution in [0.1, 0.15) is 51.9 Å². The summed E-state index contributed by atoms with van der Waals surface area (Å²) in [7, 11) is 2.08. The lowest BCUT2D eigenvalue weighted by Crippen LogP contribution is -2.48. The lowest BCUT2D eigenvalue weighted by Gasteiger charge is -2.36. The van der Waals surface area contributed by atoms with E-state index in [1.54, 1.807) is 12.2 Å². The maximum absolute atomic E-state index is 12.6. The molecule has 1 aliphatic carbocycles. The first kappa shape index (κ1) is 16.5. The van der Waals surface area contributed by atoms with E-state index in [2.05, 4.69) is 11.9 Å². The number of hydrogen-bond acceptors (Lipinski definition) is 4. The molecule has 0 amide bonds. The van der Waals surface area contributed by atoms with Crippen molar-refractivity contribution in [2.45, 2.75) is 63.6 Å². The van der Waals surface area contributed by atoms with E-state index in [1.807, 2.05) is 6.92 Å². The number of allylic oxidation sites excluding steroid dienone is 1. The van der Waals surface area contributed by atoms with Gasteiger partial charge in [-0.05, 0) is 45.7 Å². The number of esters is 1. The zero-order valence-corrected chi connectivity index (χ0v) is 13.4. The van der Waals surface area contributed by atoms with Crippen LogP contribution in [0, 0.1) is 5.92 Å². The van der Waals surface area contributed by atoms with Gasteiger partial charge in [-0.3, -0.25) is 0 Å². The Bertz CT molecular complexity index is 368. The van der Waals surface area contributed by atoms with Crippen molar-refractivity contribution in [1.82, 2.24) is 4.90 Å². The Morgan fingerprint density at radius 1 is 1.19 bits per heavy atom. The van der Waals surface area contributed by atoms with Crippen molar-refractivity contribution in [3.05, 3.63) is 12.2 Å². The maximum Gasteiger partial charge on any atom is 0.342 e. The van der Waals surface area contributed by atoms with Gasteiger partial charge in [-0.25, -0.2) is 4.79 Å². The number of carbonyl (C=O) groups excluding carboxylic acids is 1. The Morgan fingerprint density at radius 3 is 2.38 bits per heavy atom. The lowest BCUT2D eigenvalue weighted by atomic mass is 9.76. The van der Waals surface area contributed by atoms with Crippen LogP contribution in [0.3, 0.4) is 0 Å². The molecule has 0 bridgehead atoms. The summed E-state index contributed by atoms with van der Waals surface area (Å²) in [6.45, 7) is 3.74. The third-order valence-electron chi connectivity index (χ3n) is 4.91. The Hall–Kier alpha value is -0.870. The number of hydrogen-bond donors (Lipinski definition) is 1. The van der Waals surface area contributed by atoms with E-state index in [-0.39, 0.29) is 12.0 Å². The highest BCUT2D eigenvalue weighted by atomic mass is 16.6. The molecule has 2 aliphatic rings. The first-order chi connectivity index (χ1) is 10.1. The molecule has 1 N–H and O–H groups in total. The Kier molecular flexibility index (Phi) is 5.82. The molecule has 1 atom stereocenters. The number of aliphatic hydroxyl groups is 1. The molecule has 1 heterocycles. The second kappa shape index (κ2) is 7.41. The third-order valence-corrected chi connectivity index (χ3v) is 4.91. The van der Waals surface area contributed by atoms with Crippen molar-refractivity contribution in [1.29, 1.82) is 0 Å². The summed E-state index contributed by atoms with van der Waals surface area (Å²) in [6.07, 6.45) is 10.3. The topological polar surface area (TPSA) is 49.8 Å². The van der Waals surface area contributed by atoms with E-state index in [0.717, 1.165) is 51.6 Å². The highest BCUT2D eigenvalue weighted by molar-refractivity contribution is 5.82. The van der Waals surface area contributed by atoms with Crippen LogP contribution < -0.4 is 0 Å². The smallest absolute Gasteiger partial charge is 0.342 e. The quantitative estimate of drug-likeness (QED) is 0.639. The van der Waals surface area contributed by atoms with Gasteiger partial charge in [0.1, 0.15) is 6.10 Å². The molecule has 2 rings (SSSR count). The summed E-state index contributed by atoms with van der Waals surface area (Å²) < 4.78 is 5.64. The average molecular weight is 295 g/mol. The summed E-state index contributed by atoms with van der Waals surface area (Å²) in [4.78, 5) is 14.8.